The van der Waals surface area contributed by atoms with Crippen LogP contribution in [0.1, 0.15) is 21.7 Å². The van der Waals surface area contributed by atoms with Crippen molar-refractivity contribution in [1.82, 2.24) is 9.38 Å². The second-order valence-corrected chi connectivity index (χ2v) is 6.88. The van der Waals surface area contributed by atoms with Crippen LogP contribution in [-0.4, -0.2) is 15.3 Å². The average Bonchev–Trinajstić information content (AvgIpc) is 2.75. The Morgan fingerprint density at radius 3 is 2.68 bits per heavy atom. The maximum atomic E-state index is 12.6. The van der Waals surface area contributed by atoms with Gasteiger partial charge in [-0.25, -0.2) is 4.98 Å². The SMILES string of the molecule is Cc1nc2c(C)cc(Br)cn2c1C(=O)Nc1cccc(Br)c1. The quantitative estimate of drug-likeness (QED) is 0.648. The summed E-state index contributed by atoms with van der Waals surface area (Å²) in [6.45, 7) is 3.82. The van der Waals surface area contributed by atoms with E-state index in [9.17, 15) is 4.79 Å². The Morgan fingerprint density at radius 1 is 1.18 bits per heavy atom. The summed E-state index contributed by atoms with van der Waals surface area (Å²) in [5.41, 5.74) is 3.78. The van der Waals surface area contributed by atoms with E-state index in [4.69, 9.17) is 0 Å². The predicted molar refractivity (Wildman–Crippen MR) is 94.5 cm³/mol. The number of pyridine rings is 1. The molecule has 4 nitrogen and oxygen atoms in total. The maximum Gasteiger partial charge on any atom is 0.274 e. The molecule has 0 atom stereocenters. The molecule has 22 heavy (non-hydrogen) atoms. The highest BCUT2D eigenvalue weighted by Gasteiger charge is 2.18. The van der Waals surface area contributed by atoms with E-state index in [1.807, 2.05) is 54.8 Å². The lowest BCUT2D eigenvalue weighted by molar-refractivity contribution is 0.102. The Labute approximate surface area is 144 Å². The summed E-state index contributed by atoms with van der Waals surface area (Å²) in [6, 6.07) is 9.48. The highest BCUT2D eigenvalue weighted by Crippen LogP contribution is 2.22. The third kappa shape index (κ3) is 2.80. The van der Waals surface area contributed by atoms with Gasteiger partial charge in [0.15, 0.2) is 0 Å². The third-order valence-electron chi connectivity index (χ3n) is 3.34. The minimum atomic E-state index is -0.180. The zero-order valence-corrected chi connectivity index (χ0v) is 15.2. The largest absolute Gasteiger partial charge is 0.321 e. The van der Waals surface area contributed by atoms with Crippen molar-refractivity contribution in [2.75, 3.05) is 5.32 Å². The summed E-state index contributed by atoms with van der Waals surface area (Å²) in [4.78, 5) is 17.1. The molecule has 0 aliphatic heterocycles. The van der Waals surface area contributed by atoms with Gasteiger partial charge in [0.05, 0.1) is 5.69 Å². The fraction of sp³-hybridized carbons (Fsp3) is 0.125. The number of carbonyl (C=O) groups excluding carboxylic acids is 1. The van der Waals surface area contributed by atoms with Gasteiger partial charge in [-0.3, -0.25) is 9.20 Å². The molecule has 0 spiro atoms. The molecular formula is C16H13Br2N3O. The van der Waals surface area contributed by atoms with E-state index in [0.29, 0.717) is 11.4 Å². The number of benzene rings is 1. The first-order chi connectivity index (χ1) is 10.5. The highest BCUT2D eigenvalue weighted by atomic mass is 79.9. The van der Waals surface area contributed by atoms with Crippen LogP contribution in [0.15, 0.2) is 45.5 Å². The van der Waals surface area contributed by atoms with E-state index in [-0.39, 0.29) is 5.91 Å². The zero-order valence-electron chi connectivity index (χ0n) is 12.0. The van der Waals surface area contributed by atoms with Crippen LogP contribution in [0.25, 0.3) is 5.65 Å². The Hall–Kier alpha value is -1.66. The molecule has 2 heterocycles. The maximum absolute atomic E-state index is 12.6. The Kier molecular flexibility index (Phi) is 4.06. The van der Waals surface area contributed by atoms with Crippen molar-refractivity contribution in [2.45, 2.75) is 13.8 Å². The number of nitrogens with zero attached hydrogens (tertiary/aromatic N) is 2. The van der Waals surface area contributed by atoms with Gasteiger partial charge in [-0.2, -0.15) is 0 Å². The van der Waals surface area contributed by atoms with Crippen LogP contribution in [0, 0.1) is 13.8 Å². The van der Waals surface area contributed by atoms with Gasteiger partial charge < -0.3 is 5.32 Å². The van der Waals surface area contributed by atoms with E-state index in [0.717, 1.165) is 25.8 Å². The first-order valence-corrected chi connectivity index (χ1v) is 8.26. The molecule has 0 saturated carbocycles. The summed E-state index contributed by atoms with van der Waals surface area (Å²) in [5, 5.41) is 2.91. The predicted octanol–water partition coefficient (Wildman–Crippen LogP) is 4.73. The molecule has 1 aromatic carbocycles. The van der Waals surface area contributed by atoms with Crippen molar-refractivity contribution in [3.63, 3.8) is 0 Å². The van der Waals surface area contributed by atoms with E-state index in [1.165, 1.54) is 0 Å². The lowest BCUT2D eigenvalue weighted by Gasteiger charge is -2.07. The number of rotatable bonds is 2. The molecule has 1 N–H and O–H groups in total. The van der Waals surface area contributed by atoms with Crippen molar-refractivity contribution in [3.8, 4) is 0 Å². The van der Waals surface area contributed by atoms with Crippen LogP contribution < -0.4 is 5.32 Å². The lowest BCUT2D eigenvalue weighted by atomic mass is 10.2. The van der Waals surface area contributed by atoms with E-state index in [1.54, 1.807) is 0 Å². The first-order valence-electron chi connectivity index (χ1n) is 6.67. The standard InChI is InChI=1S/C16H13Br2N3O/c1-9-6-12(18)8-21-14(10(2)19-15(9)21)16(22)20-13-5-3-4-11(17)7-13/h3-8H,1-2H3,(H,20,22). The molecular weight excluding hydrogens is 410 g/mol. The number of fused-ring (bicyclic) bond motifs is 1. The molecule has 0 bridgehead atoms. The monoisotopic (exact) mass is 421 g/mol. The fourth-order valence-electron chi connectivity index (χ4n) is 2.41. The molecule has 0 aliphatic rings. The van der Waals surface area contributed by atoms with Crippen molar-refractivity contribution < 1.29 is 4.79 Å². The molecule has 0 aliphatic carbocycles. The zero-order chi connectivity index (χ0) is 15.9. The van der Waals surface area contributed by atoms with Crippen LogP contribution in [-0.2, 0) is 0 Å². The summed E-state index contributed by atoms with van der Waals surface area (Å²) in [7, 11) is 0. The van der Waals surface area contributed by atoms with Crippen molar-refractivity contribution >= 4 is 49.1 Å². The molecule has 3 aromatic rings. The number of hydrogen-bond acceptors (Lipinski definition) is 2. The lowest BCUT2D eigenvalue weighted by Crippen LogP contribution is -2.15. The number of imidazole rings is 1. The topological polar surface area (TPSA) is 46.4 Å². The number of aryl methyl sites for hydroxylation is 2. The van der Waals surface area contributed by atoms with Gasteiger partial charge in [0.25, 0.3) is 5.91 Å². The highest BCUT2D eigenvalue weighted by molar-refractivity contribution is 9.10. The number of aromatic nitrogens is 2. The number of carbonyl (C=O) groups is 1. The van der Waals surface area contributed by atoms with Gasteiger partial charge >= 0.3 is 0 Å². The van der Waals surface area contributed by atoms with Gasteiger partial charge in [-0.1, -0.05) is 22.0 Å². The molecule has 1 amide bonds. The number of hydrogen-bond donors (Lipinski definition) is 1. The minimum Gasteiger partial charge on any atom is -0.321 e. The number of amides is 1. The molecule has 112 valence electrons. The van der Waals surface area contributed by atoms with Crippen LogP contribution in [0.3, 0.4) is 0 Å². The Morgan fingerprint density at radius 2 is 1.95 bits per heavy atom. The minimum absolute atomic E-state index is 0.180. The molecule has 0 saturated heterocycles. The van der Waals surface area contributed by atoms with Crippen LogP contribution in [0.5, 0.6) is 0 Å². The van der Waals surface area contributed by atoms with Crippen molar-refractivity contribution in [3.05, 3.63) is 62.4 Å². The van der Waals surface area contributed by atoms with Gasteiger partial charge in [0.1, 0.15) is 11.3 Å². The molecule has 0 unspecified atom stereocenters. The number of nitrogens with one attached hydrogen (secondary N) is 1. The second-order valence-electron chi connectivity index (χ2n) is 5.05. The van der Waals surface area contributed by atoms with Crippen LogP contribution in [0.2, 0.25) is 0 Å². The summed E-state index contributed by atoms with van der Waals surface area (Å²) >= 11 is 6.86. The summed E-state index contributed by atoms with van der Waals surface area (Å²) in [6.07, 6.45) is 1.86. The normalized spacial score (nSPS) is 10.9. The molecule has 0 fully saturated rings. The van der Waals surface area contributed by atoms with Crippen LogP contribution >= 0.6 is 31.9 Å². The Bertz CT molecular complexity index is 886. The molecule has 0 radical (unpaired) electrons. The van der Waals surface area contributed by atoms with Crippen molar-refractivity contribution in [2.24, 2.45) is 0 Å². The van der Waals surface area contributed by atoms with Gasteiger partial charge in [-0.15, -0.1) is 0 Å². The average molecular weight is 423 g/mol. The summed E-state index contributed by atoms with van der Waals surface area (Å²) in [5.74, 6) is -0.180. The van der Waals surface area contributed by atoms with Crippen molar-refractivity contribution in [1.29, 1.82) is 0 Å². The van der Waals surface area contributed by atoms with E-state index >= 15 is 0 Å². The van der Waals surface area contributed by atoms with E-state index < -0.39 is 0 Å². The van der Waals surface area contributed by atoms with Gasteiger partial charge in [0, 0.05) is 20.8 Å². The molecule has 3 rings (SSSR count). The third-order valence-corrected chi connectivity index (χ3v) is 4.27. The number of halogens is 2. The summed E-state index contributed by atoms with van der Waals surface area (Å²) < 4.78 is 3.65. The first kappa shape index (κ1) is 15.2. The van der Waals surface area contributed by atoms with Gasteiger partial charge in [0.2, 0.25) is 0 Å². The number of anilines is 1. The van der Waals surface area contributed by atoms with Crippen LogP contribution in [0.4, 0.5) is 5.69 Å². The molecule has 2 aromatic heterocycles. The second kappa shape index (κ2) is 5.85. The Balaban J connectivity index is 2.06. The molecule has 6 heteroatoms. The van der Waals surface area contributed by atoms with Gasteiger partial charge in [-0.05, 0) is 59.6 Å². The smallest absolute Gasteiger partial charge is 0.274 e. The fourth-order valence-corrected chi connectivity index (χ4v) is 3.36. The van der Waals surface area contributed by atoms with E-state index in [2.05, 4.69) is 42.2 Å².